The molecular weight excluding hydrogens is 1500 g/mol. The number of nitrogens with zero attached hydrogens (tertiary/aromatic N) is 3. The Morgan fingerprint density at radius 3 is 1.07 bits per heavy atom. The second-order valence-corrected chi connectivity index (χ2v) is 34.8. The molecule has 0 saturated carbocycles. The molecule has 0 fully saturated rings. The average Bonchev–Trinajstić information content (AvgIpc) is 1.56. The van der Waals surface area contributed by atoms with Crippen LogP contribution in [0.1, 0.15) is 61.1 Å². The Hall–Kier alpha value is -14.2. The summed E-state index contributed by atoms with van der Waals surface area (Å²) in [7, 11) is 0. The number of benzene rings is 20. The topological polar surface area (TPSA) is 14.8 Å². The van der Waals surface area contributed by atoms with E-state index in [9.17, 15) is 0 Å². The maximum Gasteiger partial charge on any atom is 0.0547 e. The summed E-state index contributed by atoms with van der Waals surface area (Å²) in [5.41, 5.74) is 32.6. The second kappa shape index (κ2) is 26.4. The van der Waals surface area contributed by atoms with Crippen LogP contribution in [0.5, 0.6) is 0 Å². The molecule has 560 valence electrons. The van der Waals surface area contributed by atoms with Crippen LogP contribution in [0, 0.1) is 0 Å². The van der Waals surface area contributed by atoms with Crippen molar-refractivity contribution in [2.24, 2.45) is 0 Å². The number of aromatic nitrogens is 3. The van der Waals surface area contributed by atoms with Crippen LogP contribution >= 0.6 is 15.9 Å². The summed E-state index contributed by atoms with van der Waals surface area (Å²) in [4.78, 5) is 0. The highest BCUT2D eigenvalue weighted by molar-refractivity contribution is 9.10. The summed E-state index contributed by atoms with van der Waals surface area (Å²) < 4.78 is 8.37. The molecule has 3 aromatic heterocycles. The highest BCUT2D eigenvalue weighted by atomic mass is 79.9. The first-order chi connectivity index (χ1) is 58.4. The van der Waals surface area contributed by atoms with Gasteiger partial charge in [0.2, 0.25) is 0 Å². The molecule has 3 aliphatic rings. The van der Waals surface area contributed by atoms with E-state index in [2.05, 4.69) is 446 Å². The predicted octanol–water partition coefficient (Wildman–Crippen LogP) is 31.6. The van der Waals surface area contributed by atoms with Gasteiger partial charge >= 0.3 is 0 Å². The second-order valence-electron chi connectivity index (χ2n) is 33.9. The first kappa shape index (κ1) is 69.2. The van der Waals surface area contributed by atoms with Crippen molar-refractivity contribution in [1.82, 2.24) is 13.7 Å². The molecule has 23 aromatic rings. The van der Waals surface area contributed by atoms with E-state index in [-0.39, 0.29) is 10.8 Å². The third-order valence-electron chi connectivity index (χ3n) is 26.7. The van der Waals surface area contributed by atoms with E-state index >= 15 is 0 Å². The van der Waals surface area contributed by atoms with Crippen LogP contribution in [-0.2, 0) is 17.3 Å². The molecule has 26 rings (SSSR count). The molecule has 0 amide bonds. The zero-order valence-electron chi connectivity index (χ0n) is 66.4. The number of rotatable bonds is 5. The van der Waals surface area contributed by atoms with E-state index in [0.717, 1.165) is 16.6 Å². The Morgan fingerprint density at radius 1 is 0.193 bits per heavy atom. The minimum Gasteiger partial charge on any atom is -0.309 e. The molecule has 3 aliphatic carbocycles. The van der Waals surface area contributed by atoms with Crippen molar-refractivity contribution >= 4 is 146 Å². The third-order valence-corrected chi connectivity index (χ3v) is 27.2. The van der Waals surface area contributed by atoms with Crippen molar-refractivity contribution in [2.45, 2.75) is 44.9 Å². The van der Waals surface area contributed by atoms with Gasteiger partial charge in [-0.1, -0.05) is 304 Å². The molecule has 0 unspecified atom stereocenters. The summed E-state index contributed by atoms with van der Waals surface area (Å²) in [5, 5.41) is 23.5. The van der Waals surface area contributed by atoms with Gasteiger partial charge in [-0.25, -0.2) is 0 Å². The molecule has 0 N–H and O–H groups in total. The smallest absolute Gasteiger partial charge is 0.0547 e. The van der Waals surface area contributed by atoms with Gasteiger partial charge in [-0.2, -0.15) is 0 Å². The molecular formula is C115H78BrN3. The normalized spacial score (nSPS) is 13.4. The van der Waals surface area contributed by atoms with Crippen LogP contribution in [-0.4, -0.2) is 13.7 Å². The van der Waals surface area contributed by atoms with Gasteiger partial charge in [0, 0.05) is 64.7 Å². The lowest BCUT2D eigenvalue weighted by Crippen LogP contribution is -2.15. The average molecular weight is 1580 g/mol. The quantitative estimate of drug-likeness (QED) is 0.153. The first-order valence-electron chi connectivity index (χ1n) is 41.6. The Balaban J connectivity index is 0.000000113. The van der Waals surface area contributed by atoms with Gasteiger partial charge in [-0.05, 0) is 287 Å². The summed E-state index contributed by atoms with van der Waals surface area (Å²) >= 11 is 3.58. The van der Waals surface area contributed by atoms with Crippen molar-refractivity contribution in [3.63, 3.8) is 0 Å². The largest absolute Gasteiger partial charge is 0.309 e. The van der Waals surface area contributed by atoms with Crippen molar-refractivity contribution in [3.05, 3.63) is 426 Å². The fourth-order valence-corrected chi connectivity index (χ4v) is 21.6. The van der Waals surface area contributed by atoms with Crippen LogP contribution in [0.15, 0.2) is 393 Å². The van der Waals surface area contributed by atoms with E-state index in [4.69, 9.17) is 0 Å². The lowest BCUT2D eigenvalue weighted by Gasteiger charge is -2.22. The molecule has 0 aliphatic heterocycles. The van der Waals surface area contributed by atoms with Crippen LogP contribution in [0.3, 0.4) is 0 Å². The van der Waals surface area contributed by atoms with Gasteiger partial charge in [0.15, 0.2) is 0 Å². The minimum absolute atomic E-state index is 0.0485. The maximum atomic E-state index is 3.58. The third kappa shape index (κ3) is 10.5. The molecule has 20 aromatic carbocycles. The monoisotopic (exact) mass is 1580 g/mol. The molecule has 0 spiro atoms. The molecule has 0 bridgehead atoms. The number of halogens is 1. The summed E-state index contributed by atoms with van der Waals surface area (Å²) in [6.45, 7) is 9.51. The zero-order valence-corrected chi connectivity index (χ0v) is 68.0. The lowest BCUT2D eigenvalue weighted by atomic mass is 9.81. The molecule has 3 nitrogen and oxygen atoms in total. The van der Waals surface area contributed by atoms with Crippen LogP contribution in [0.4, 0.5) is 0 Å². The van der Waals surface area contributed by atoms with E-state index in [0.29, 0.717) is 0 Å². The fourth-order valence-electron chi connectivity index (χ4n) is 21.2. The van der Waals surface area contributed by atoms with Crippen molar-refractivity contribution in [2.75, 3.05) is 0 Å². The molecule has 3 heterocycles. The van der Waals surface area contributed by atoms with Crippen LogP contribution in [0.25, 0.3) is 203 Å². The highest BCUT2D eigenvalue weighted by Gasteiger charge is 2.39. The SMILES string of the molecule is Brc1cccc(-c2ccc3c(c2)c2ccccc2n3-c2ccccc2)c1.CC1(C)c2ccccc2-c2cc3c(cc21)Cc1cc2c4ccccc4c4ccccc4c2cc1-3.CC1(C)c2ccccc2-c2cc3c4cc5c6ccccc6c6ccccc6c5cc4n(-c4cccc(-c5ccc6c(c5)c5ccccc5n6-c5ccccc5)c4)c3cc21. The summed E-state index contributed by atoms with van der Waals surface area (Å²) in [6.07, 6.45) is 1.02. The van der Waals surface area contributed by atoms with Crippen molar-refractivity contribution in [1.29, 1.82) is 0 Å². The number of hydrogen-bond acceptors (Lipinski definition) is 0. The Kier molecular flexibility index (Phi) is 15.4. The van der Waals surface area contributed by atoms with E-state index < -0.39 is 0 Å². The van der Waals surface area contributed by atoms with Crippen molar-refractivity contribution < 1.29 is 0 Å². The first-order valence-corrected chi connectivity index (χ1v) is 42.4. The van der Waals surface area contributed by atoms with Gasteiger partial charge in [-0.3, -0.25) is 0 Å². The Morgan fingerprint density at radius 2 is 0.538 bits per heavy atom. The van der Waals surface area contributed by atoms with Crippen LogP contribution < -0.4 is 0 Å². The lowest BCUT2D eigenvalue weighted by molar-refractivity contribution is 0.659. The zero-order chi connectivity index (χ0) is 79.1. The number of hydrogen-bond donors (Lipinski definition) is 0. The highest BCUT2D eigenvalue weighted by Crippen LogP contribution is 2.55. The molecule has 0 atom stereocenters. The number of fused-ring (bicyclic) bond motifs is 30. The standard InChI is InChI=1S/C57H38N2.C34H24.C24H16BrN/c1-57(2)51-25-12-10-23-43(51)47-32-50-49-31-45-41-21-8-6-19-39(41)40-20-7-9-22-42(40)46(45)33-55(49)59(56(50)34-52(47)57)38-18-14-15-35(29-38)36-27-28-54-48(30-36)44-24-11-13-26-53(44)58(54)37-16-4-3-5-17-37;1-34(2)32-14-8-7-13-26(32)31-19-28-21(17-33(31)34)15-20-16-29-24-11-5-3-9-22(24)23-10-4-6-12-25(23)30(29)18-27(20)28;25-19-8-6-7-17(15-19)18-13-14-24-22(16-18)21-11-4-5-12-23(21)26(24)20-9-2-1-3-10-20/h3-34H,1-2H3;3-14,16-19H,15H2,1-2H3;1-16H. The molecule has 0 saturated heterocycles. The van der Waals surface area contributed by atoms with Crippen LogP contribution in [0.2, 0.25) is 0 Å². The minimum atomic E-state index is -0.116. The predicted molar refractivity (Wildman–Crippen MR) is 509 cm³/mol. The van der Waals surface area contributed by atoms with E-state index in [1.54, 1.807) is 0 Å². The van der Waals surface area contributed by atoms with E-state index in [1.165, 1.54) is 230 Å². The van der Waals surface area contributed by atoms with Crippen molar-refractivity contribution in [3.8, 4) is 72.7 Å². The maximum absolute atomic E-state index is 3.58. The summed E-state index contributed by atoms with van der Waals surface area (Å²) in [5.74, 6) is 0. The molecule has 4 heteroatoms. The van der Waals surface area contributed by atoms with Gasteiger partial charge in [0.1, 0.15) is 0 Å². The summed E-state index contributed by atoms with van der Waals surface area (Å²) in [6, 6.07) is 143. The molecule has 119 heavy (non-hydrogen) atoms. The Labute approximate surface area is 698 Å². The van der Waals surface area contributed by atoms with Gasteiger partial charge in [0.05, 0.1) is 33.1 Å². The van der Waals surface area contributed by atoms with Gasteiger partial charge in [-0.15, -0.1) is 0 Å². The van der Waals surface area contributed by atoms with Gasteiger partial charge in [0.25, 0.3) is 0 Å². The fraction of sp³-hybridized carbons (Fsp3) is 0.0609. The van der Waals surface area contributed by atoms with E-state index in [1.807, 2.05) is 0 Å². The number of para-hydroxylation sites is 4. The van der Waals surface area contributed by atoms with Gasteiger partial charge < -0.3 is 13.7 Å². The molecule has 0 radical (unpaired) electrons. The Bertz CT molecular complexity index is 8270.